The molecule has 162 valence electrons. The van der Waals surface area contributed by atoms with Crippen LogP contribution in [0.15, 0.2) is 48.6 Å². The number of hydrogen-bond donors (Lipinski definition) is 1. The topological polar surface area (TPSA) is 29.1 Å². The fraction of sp³-hybridized carbons (Fsp3) is 0.593. The predicted octanol–water partition coefficient (Wildman–Crippen LogP) is 7.85. The second-order valence-corrected chi connectivity index (χ2v) is 7.97. The molecule has 0 saturated carbocycles. The number of benzene rings is 1. The van der Waals surface area contributed by atoms with Crippen LogP contribution in [0.5, 0.6) is 0 Å². The molecule has 0 aliphatic rings. The summed E-state index contributed by atoms with van der Waals surface area (Å²) >= 11 is 0. The van der Waals surface area contributed by atoms with Gasteiger partial charge in [0.25, 0.3) is 0 Å². The summed E-state index contributed by atoms with van der Waals surface area (Å²) in [4.78, 5) is 11.8. The smallest absolute Gasteiger partial charge is 0.243 e. The van der Waals surface area contributed by atoms with Crippen molar-refractivity contribution in [3.8, 4) is 0 Å². The van der Waals surface area contributed by atoms with Crippen LogP contribution in [0.25, 0.3) is 6.08 Å². The molecule has 1 amide bonds. The highest BCUT2D eigenvalue weighted by Crippen LogP contribution is 2.09. The van der Waals surface area contributed by atoms with Gasteiger partial charge in [-0.3, -0.25) is 4.79 Å². The van der Waals surface area contributed by atoms with E-state index in [1.165, 1.54) is 83.5 Å². The number of hydrogen-bond acceptors (Lipinski definition) is 1. The average Bonchev–Trinajstić information content (AvgIpc) is 2.75. The molecule has 0 spiro atoms. The second-order valence-electron chi connectivity index (χ2n) is 7.97. The Hall–Kier alpha value is -1.83. The van der Waals surface area contributed by atoms with Crippen LogP contribution in [0, 0.1) is 0 Å². The van der Waals surface area contributed by atoms with Crippen molar-refractivity contribution in [2.45, 2.75) is 96.8 Å². The van der Waals surface area contributed by atoms with E-state index in [0.29, 0.717) is 0 Å². The largest absolute Gasteiger partial charge is 0.353 e. The van der Waals surface area contributed by atoms with Crippen LogP contribution < -0.4 is 5.32 Å². The minimum absolute atomic E-state index is 0.00148. The maximum absolute atomic E-state index is 11.8. The van der Waals surface area contributed by atoms with Crippen LogP contribution in [0.3, 0.4) is 0 Å². The minimum atomic E-state index is 0.00148. The van der Waals surface area contributed by atoms with E-state index in [4.69, 9.17) is 0 Å². The molecule has 0 bridgehead atoms. The summed E-state index contributed by atoms with van der Waals surface area (Å²) in [5.74, 6) is 0.00148. The highest BCUT2D eigenvalue weighted by molar-refractivity contribution is 5.91. The molecule has 29 heavy (non-hydrogen) atoms. The van der Waals surface area contributed by atoms with Crippen LogP contribution in [0.2, 0.25) is 0 Å². The molecule has 0 fully saturated rings. The molecule has 1 N–H and O–H groups in total. The number of unbranched alkanes of at least 4 members (excludes halogenated alkanes) is 12. The molecule has 0 atom stereocenters. The Morgan fingerprint density at radius 1 is 0.759 bits per heavy atom. The van der Waals surface area contributed by atoms with E-state index in [2.05, 4.69) is 24.4 Å². The van der Waals surface area contributed by atoms with Gasteiger partial charge in [-0.05, 0) is 43.7 Å². The average molecular weight is 398 g/mol. The van der Waals surface area contributed by atoms with Crippen molar-refractivity contribution >= 4 is 12.0 Å². The predicted molar refractivity (Wildman–Crippen MR) is 128 cm³/mol. The fourth-order valence-corrected chi connectivity index (χ4v) is 3.38. The SMILES string of the molecule is CCCCCCCC/C=C\CCCCCCCCNC(=O)C=Cc1ccccc1. The number of rotatable bonds is 18. The summed E-state index contributed by atoms with van der Waals surface area (Å²) in [5, 5.41) is 2.97. The Labute approximate surface area is 179 Å². The maximum Gasteiger partial charge on any atom is 0.243 e. The van der Waals surface area contributed by atoms with Crippen LogP contribution in [0.4, 0.5) is 0 Å². The minimum Gasteiger partial charge on any atom is -0.353 e. The molecule has 0 unspecified atom stereocenters. The van der Waals surface area contributed by atoms with Crippen molar-refractivity contribution in [3.63, 3.8) is 0 Å². The lowest BCUT2D eigenvalue weighted by Crippen LogP contribution is -2.21. The van der Waals surface area contributed by atoms with Gasteiger partial charge >= 0.3 is 0 Å². The number of allylic oxidation sites excluding steroid dienone is 2. The monoisotopic (exact) mass is 397 g/mol. The molecule has 1 aromatic rings. The molecule has 0 aliphatic heterocycles. The third-order valence-electron chi connectivity index (χ3n) is 5.21. The van der Waals surface area contributed by atoms with Crippen molar-refractivity contribution in [2.24, 2.45) is 0 Å². The third kappa shape index (κ3) is 16.8. The molecule has 0 radical (unpaired) electrons. The van der Waals surface area contributed by atoms with Gasteiger partial charge in [0.1, 0.15) is 0 Å². The first kappa shape index (κ1) is 25.2. The van der Waals surface area contributed by atoms with E-state index in [1.807, 2.05) is 36.4 Å². The summed E-state index contributed by atoms with van der Waals surface area (Å²) in [6, 6.07) is 9.92. The molecule has 0 heterocycles. The Morgan fingerprint density at radius 3 is 1.93 bits per heavy atom. The molecule has 2 heteroatoms. The van der Waals surface area contributed by atoms with Gasteiger partial charge in [-0.25, -0.2) is 0 Å². The van der Waals surface area contributed by atoms with E-state index < -0.39 is 0 Å². The Kier molecular flexibility index (Phi) is 16.9. The van der Waals surface area contributed by atoms with Crippen molar-refractivity contribution < 1.29 is 4.79 Å². The Balaban J connectivity index is 1.82. The summed E-state index contributed by atoms with van der Waals surface area (Å²) in [7, 11) is 0. The molecule has 0 aliphatic carbocycles. The number of nitrogens with one attached hydrogen (secondary N) is 1. The second kappa shape index (κ2) is 19.5. The summed E-state index contributed by atoms with van der Waals surface area (Å²) in [5.41, 5.74) is 1.06. The van der Waals surface area contributed by atoms with Crippen LogP contribution >= 0.6 is 0 Å². The van der Waals surface area contributed by atoms with Crippen molar-refractivity contribution in [1.82, 2.24) is 5.32 Å². The first-order chi connectivity index (χ1) is 14.3. The molecule has 0 aromatic heterocycles. The lowest BCUT2D eigenvalue weighted by molar-refractivity contribution is -0.116. The third-order valence-corrected chi connectivity index (χ3v) is 5.21. The molecular weight excluding hydrogens is 354 g/mol. The van der Waals surface area contributed by atoms with Crippen molar-refractivity contribution in [2.75, 3.05) is 6.54 Å². The lowest BCUT2D eigenvalue weighted by Gasteiger charge is -2.03. The standard InChI is InChI=1S/C27H43NO/c1-2-3-4-5-6-7-8-9-10-11-12-13-14-15-16-20-25-28-27(29)24-23-26-21-18-17-19-22-26/h9-10,17-19,21-24H,2-8,11-16,20,25H2,1H3,(H,28,29)/b10-9-,24-23?. The van der Waals surface area contributed by atoms with Crippen molar-refractivity contribution in [1.29, 1.82) is 0 Å². The van der Waals surface area contributed by atoms with Crippen LogP contribution in [0.1, 0.15) is 102 Å². The number of amides is 1. The van der Waals surface area contributed by atoms with Crippen LogP contribution in [-0.2, 0) is 4.79 Å². The Morgan fingerprint density at radius 2 is 1.31 bits per heavy atom. The van der Waals surface area contributed by atoms with E-state index in [-0.39, 0.29) is 5.91 Å². The summed E-state index contributed by atoms with van der Waals surface area (Å²) < 4.78 is 0. The molecule has 2 nitrogen and oxygen atoms in total. The Bertz CT molecular complexity index is 547. The van der Waals surface area contributed by atoms with Gasteiger partial charge in [0.15, 0.2) is 0 Å². The van der Waals surface area contributed by atoms with Gasteiger partial charge in [-0.2, -0.15) is 0 Å². The maximum atomic E-state index is 11.8. The zero-order valence-corrected chi connectivity index (χ0v) is 18.7. The molecule has 1 rings (SSSR count). The van der Waals surface area contributed by atoms with E-state index in [9.17, 15) is 4.79 Å². The van der Waals surface area contributed by atoms with Gasteiger partial charge < -0.3 is 5.32 Å². The first-order valence-corrected chi connectivity index (χ1v) is 12.0. The van der Waals surface area contributed by atoms with Crippen LogP contribution in [-0.4, -0.2) is 12.5 Å². The van der Waals surface area contributed by atoms with Gasteiger partial charge in [-0.1, -0.05) is 107 Å². The highest BCUT2D eigenvalue weighted by atomic mass is 16.1. The first-order valence-electron chi connectivity index (χ1n) is 12.0. The van der Waals surface area contributed by atoms with Gasteiger partial charge in [0, 0.05) is 12.6 Å². The van der Waals surface area contributed by atoms with E-state index in [1.54, 1.807) is 6.08 Å². The lowest BCUT2D eigenvalue weighted by atomic mass is 10.1. The highest BCUT2D eigenvalue weighted by Gasteiger charge is 1.95. The molecular formula is C27H43NO. The quantitative estimate of drug-likeness (QED) is 0.152. The normalized spacial score (nSPS) is 11.5. The van der Waals surface area contributed by atoms with E-state index in [0.717, 1.165) is 18.5 Å². The zero-order chi connectivity index (χ0) is 20.8. The van der Waals surface area contributed by atoms with E-state index >= 15 is 0 Å². The zero-order valence-electron chi connectivity index (χ0n) is 18.7. The molecule has 1 aromatic carbocycles. The summed E-state index contributed by atoms with van der Waals surface area (Å²) in [6.45, 7) is 3.05. The molecule has 0 saturated heterocycles. The van der Waals surface area contributed by atoms with Gasteiger partial charge in [-0.15, -0.1) is 0 Å². The summed E-state index contributed by atoms with van der Waals surface area (Å²) in [6.07, 6.45) is 26.6. The van der Waals surface area contributed by atoms with Gasteiger partial charge in [0.05, 0.1) is 0 Å². The number of carbonyl (C=O) groups is 1. The van der Waals surface area contributed by atoms with Crippen molar-refractivity contribution in [3.05, 3.63) is 54.1 Å². The number of carbonyl (C=O) groups excluding carboxylic acids is 1. The fourth-order valence-electron chi connectivity index (χ4n) is 3.38. The van der Waals surface area contributed by atoms with Gasteiger partial charge in [0.2, 0.25) is 5.91 Å².